The molecular weight excluding hydrogens is 308 g/mol. The maximum atomic E-state index is 6.02. The molecule has 4 nitrogen and oxygen atoms in total. The highest BCUT2D eigenvalue weighted by Crippen LogP contribution is 2.25. The lowest BCUT2D eigenvalue weighted by Crippen LogP contribution is -2.33. The van der Waals surface area contributed by atoms with Crippen LogP contribution < -0.4 is 10.2 Å². The van der Waals surface area contributed by atoms with Crippen molar-refractivity contribution >= 4 is 29.1 Å². The standard InChI is InChI=1S/C18H23ClN4/c1-12-6-8-23(9-7-12)17-11-14(3)20-18(22-17)21-16-5-4-15(19)10-13(16)2/h4-5,10-12H,6-9H2,1-3H3,(H,20,21,22). The largest absolute Gasteiger partial charge is 0.356 e. The maximum absolute atomic E-state index is 6.02. The van der Waals surface area contributed by atoms with Gasteiger partial charge in [0.2, 0.25) is 5.95 Å². The molecule has 2 heterocycles. The third-order valence-corrected chi connectivity index (χ3v) is 4.62. The van der Waals surface area contributed by atoms with Crippen molar-refractivity contribution in [1.82, 2.24) is 9.97 Å². The van der Waals surface area contributed by atoms with Gasteiger partial charge in [-0.2, -0.15) is 4.98 Å². The van der Waals surface area contributed by atoms with Crippen molar-refractivity contribution in [3.05, 3.63) is 40.5 Å². The van der Waals surface area contributed by atoms with Gasteiger partial charge in [-0.05, 0) is 56.4 Å². The Bertz CT molecular complexity index is 693. The molecule has 1 saturated heterocycles. The molecule has 0 radical (unpaired) electrons. The smallest absolute Gasteiger partial charge is 0.229 e. The summed E-state index contributed by atoms with van der Waals surface area (Å²) in [5, 5.41) is 4.06. The number of hydrogen-bond donors (Lipinski definition) is 1. The minimum atomic E-state index is 0.643. The van der Waals surface area contributed by atoms with Gasteiger partial charge in [-0.1, -0.05) is 18.5 Å². The summed E-state index contributed by atoms with van der Waals surface area (Å²) in [4.78, 5) is 11.6. The molecule has 5 heteroatoms. The summed E-state index contributed by atoms with van der Waals surface area (Å²) in [6.45, 7) is 8.49. The molecule has 1 aliphatic rings. The van der Waals surface area contributed by atoms with Crippen LogP contribution in [0.2, 0.25) is 5.02 Å². The second-order valence-corrected chi connectivity index (χ2v) is 6.88. The highest BCUT2D eigenvalue weighted by atomic mass is 35.5. The fraction of sp³-hybridized carbons (Fsp3) is 0.444. The van der Waals surface area contributed by atoms with Crippen molar-refractivity contribution in [1.29, 1.82) is 0 Å². The van der Waals surface area contributed by atoms with Crippen molar-refractivity contribution < 1.29 is 0 Å². The molecule has 1 aromatic carbocycles. The van der Waals surface area contributed by atoms with E-state index in [1.165, 1.54) is 12.8 Å². The molecule has 0 bridgehead atoms. The van der Waals surface area contributed by atoms with Crippen LogP contribution in [-0.2, 0) is 0 Å². The number of halogens is 1. The van der Waals surface area contributed by atoms with E-state index in [1.807, 2.05) is 32.0 Å². The Morgan fingerprint density at radius 3 is 2.57 bits per heavy atom. The molecule has 23 heavy (non-hydrogen) atoms. The minimum absolute atomic E-state index is 0.643. The van der Waals surface area contributed by atoms with Gasteiger partial charge in [0.1, 0.15) is 5.82 Å². The van der Waals surface area contributed by atoms with Gasteiger partial charge in [0.05, 0.1) is 0 Å². The average Bonchev–Trinajstić information content (AvgIpc) is 2.50. The van der Waals surface area contributed by atoms with E-state index in [4.69, 9.17) is 16.6 Å². The Morgan fingerprint density at radius 2 is 1.87 bits per heavy atom. The molecule has 1 aromatic heterocycles. The fourth-order valence-electron chi connectivity index (χ4n) is 2.90. The lowest BCUT2D eigenvalue weighted by molar-refractivity contribution is 0.436. The third-order valence-electron chi connectivity index (χ3n) is 4.38. The Labute approximate surface area is 142 Å². The van der Waals surface area contributed by atoms with Crippen LogP contribution >= 0.6 is 11.6 Å². The first-order valence-corrected chi connectivity index (χ1v) is 8.53. The molecule has 1 aliphatic heterocycles. The monoisotopic (exact) mass is 330 g/mol. The quantitative estimate of drug-likeness (QED) is 0.883. The molecule has 0 atom stereocenters. The Balaban J connectivity index is 1.82. The maximum Gasteiger partial charge on any atom is 0.229 e. The topological polar surface area (TPSA) is 41.1 Å². The van der Waals surface area contributed by atoms with Gasteiger partial charge in [-0.3, -0.25) is 0 Å². The van der Waals surface area contributed by atoms with E-state index >= 15 is 0 Å². The van der Waals surface area contributed by atoms with Crippen LogP contribution in [0.1, 0.15) is 31.0 Å². The zero-order valence-electron chi connectivity index (χ0n) is 13.9. The van der Waals surface area contributed by atoms with E-state index in [0.717, 1.165) is 46.8 Å². The lowest BCUT2D eigenvalue weighted by Gasteiger charge is -2.31. The molecule has 0 amide bonds. The lowest BCUT2D eigenvalue weighted by atomic mass is 9.99. The highest BCUT2D eigenvalue weighted by Gasteiger charge is 2.18. The number of rotatable bonds is 3. The zero-order valence-corrected chi connectivity index (χ0v) is 14.7. The molecule has 1 N–H and O–H groups in total. The number of anilines is 3. The minimum Gasteiger partial charge on any atom is -0.356 e. The van der Waals surface area contributed by atoms with Crippen LogP contribution in [0.15, 0.2) is 24.3 Å². The highest BCUT2D eigenvalue weighted by molar-refractivity contribution is 6.30. The predicted molar refractivity (Wildman–Crippen MR) is 96.9 cm³/mol. The second-order valence-electron chi connectivity index (χ2n) is 6.44. The number of piperidine rings is 1. The SMILES string of the molecule is Cc1cc(N2CCC(C)CC2)nc(Nc2ccc(Cl)cc2C)n1. The van der Waals surface area contributed by atoms with Gasteiger partial charge in [0.25, 0.3) is 0 Å². The van der Waals surface area contributed by atoms with Crippen LogP contribution in [0.25, 0.3) is 0 Å². The molecule has 2 aromatic rings. The van der Waals surface area contributed by atoms with Crippen molar-refractivity contribution in [2.45, 2.75) is 33.6 Å². The van der Waals surface area contributed by atoms with Gasteiger partial charge in [-0.25, -0.2) is 4.98 Å². The normalized spacial score (nSPS) is 15.7. The summed E-state index contributed by atoms with van der Waals surface area (Å²) in [5.74, 6) is 2.46. The fourth-order valence-corrected chi connectivity index (χ4v) is 3.12. The molecule has 0 aliphatic carbocycles. The first-order chi connectivity index (χ1) is 11.0. The number of nitrogens with one attached hydrogen (secondary N) is 1. The summed E-state index contributed by atoms with van der Waals surface area (Å²) in [6, 6.07) is 7.84. The average molecular weight is 331 g/mol. The van der Waals surface area contributed by atoms with Crippen molar-refractivity contribution in [2.24, 2.45) is 5.92 Å². The Kier molecular flexibility index (Phi) is 4.71. The number of hydrogen-bond acceptors (Lipinski definition) is 4. The molecule has 1 fully saturated rings. The summed E-state index contributed by atoms with van der Waals surface area (Å²) in [6.07, 6.45) is 2.45. The molecular formula is C18H23ClN4. The predicted octanol–water partition coefficient (Wildman–Crippen LogP) is 4.73. The first-order valence-electron chi connectivity index (χ1n) is 8.15. The van der Waals surface area contributed by atoms with Crippen molar-refractivity contribution in [3.8, 4) is 0 Å². The Morgan fingerprint density at radius 1 is 1.13 bits per heavy atom. The molecule has 0 saturated carbocycles. The van der Waals surface area contributed by atoms with Crippen LogP contribution in [0.5, 0.6) is 0 Å². The number of benzene rings is 1. The second kappa shape index (κ2) is 6.75. The van der Waals surface area contributed by atoms with E-state index in [2.05, 4.69) is 28.2 Å². The van der Waals surface area contributed by atoms with E-state index in [0.29, 0.717) is 5.95 Å². The summed E-state index contributed by atoms with van der Waals surface area (Å²) in [7, 11) is 0. The summed E-state index contributed by atoms with van der Waals surface area (Å²) in [5.41, 5.74) is 3.04. The molecule has 0 unspecified atom stereocenters. The molecule has 3 rings (SSSR count). The van der Waals surface area contributed by atoms with Crippen molar-refractivity contribution in [2.75, 3.05) is 23.3 Å². The third kappa shape index (κ3) is 3.94. The number of aryl methyl sites for hydroxylation is 2. The zero-order chi connectivity index (χ0) is 16.4. The van der Waals surface area contributed by atoms with E-state index in [9.17, 15) is 0 Å². The Hall–Kier alpha value is -1.81. The molecule has 0 spiro atoms. The number of aromatic nitrogens is 2. The first kappa shape index (κ1) is 16.1. The van der Waals surface area contributed by atoms with Gasteiger partial charge >= 0.3 is 0 Å². The van der Waals surface area contributed by atoms with Crippen LogP contribution in [0.3, 0.4) is 0 Å². The van der Waals surface area contributed by atoms with E-state index in [-0.39, 0.29) is 0 Å². The van der Waals surface area contributed by atoms with Crippen LogP contribution in [0, 0.1) is 19.8 Å². The van der Waals surface area contributed by atoms with Gasteiger partial charge in [0, 0.05) is 35.6 Å². The van der Waals surface area contributed by atoms with Crippen LogP contribution in [0.4, 0.5) is 17.5 Å². The van der Waals surface area contributed by atoms with Gasteiger partial charge < -0.3 is 10.2 Å². The molecule has 122 valence electrons. The summed E-state index contributed by atoms with van der Waals surface area (Å²) < 4.78 is 0. The summed E-state index contributed by atoms with van der Waals surface area (Å²) >= 11 is 6.02. The van der Waals surface area contributed by atoms with Crippen molar-refractivity contribution in [3.63, 3.8) is 0 Å². The number of nitrogens with zero attached hydrogens (tertiary/aromatic N) is 3. The van der Waals surface area contributed by atoms with Gasteiger partial charge in [0.15, 0.2) is 0 Å². The van der Waals surface area contributed by atoms with E-state index in [1.54, 1.807) is 0 Å². The van der Waals surface area contributed by atoms with Gasteiger partial charge in [-0.15, -0.1) is 0 Å². The van der Waals surface area contributed by atoms with E-state index < -0.39 is 0 Å². The van der Waals surface area contributed by atoms with Crippen LogP contribution in [-0.4, -0.2) is 23.1 Å².